The minimum atomic E-state index is -1.30. The molecular weight excluding hydrogens is 282 g/mol. The van der Waals surface area contributed by atoms with Crippen molar-refractivity contribution in [1.29, 1.82) is 0 Å². The number of benzene rings is 1. The van der Waals surface area contributed by atoms with Gasteiger partial charge in [0.1, 0.15) is 6.04 Å². The van der Waals surface area contributed by atoms with E-state index >= 15 is 0 Å². The molecule has 2 amide bonds. The van der Waals surface area contributed by atoms with E-state index < -0.39 is 35.2 Å². The Morgan fingerprint density at radius 2 is 1.90 bits per heavy atom. The van der Waals surface area contributed by atoms with Gasteiger partial charge in [-0.2, -0.15) is 0 Å². The van der Waals surface area contributed by atoms with Crippen LogP contribution in [0.25, 0.3) is 0 Å². The predicted octanol–water partition coefficient (Wildman–Crippen LogP) is 2.06. The molecule has 1 rings (SSSR count). The van der Waals surface area contributed by atoms with Crippen LogP contribution in [0, 0.1) is 11.6 Å². The average Bonchev–Trinajstić information content (AvgIpc) is 2.32. The van der Waals surface area contributed by atoms with Crippen molar-refractivity contribution in [1.82, 2.24) is 10.6 Å². The zero-order chi connectivity index (χ0) is 16.2. The van der Waals surface area contributed by atoms with Crippen LogP contribution in [0.3, 0.4) is 0 Å². The first-order valence-corrected chi connectivity index (χ1v) is 6.36. The van der Waals surface area contributed by atoms with Gasteiger partial charge in [-0.05, 0) is 44.9 Å². The summed E-state index contributed by atoms with van der Waals surface area (Å²) in [6.07, 6.45) is -1.02. The van der Waals surface area contributed by atoms with E-state index in [9.17, 15) is 18.4 Å². The molecule has 0 radical (unpaired) electrons. The molecule has 5 nitrogen and oxygen atoms in total. The van der Waals surface area contributed by atoms with Crippen molar-refractivity contribution in [2.75, 3.05) is 0 Å². The molecule has 0 saturated heterocycles. The molecule has 3 N–H and O–H groups in total. The fourth-order valence-electron chi connectivity index (χ4n) is 1.90. The molecule has 0 aliphatic rings. The van der Waals surface area contributed by atoms with E-state index in [0.29, 0.717) is 5.56 Å². The van der Waals surface area contributed by atoms with Crippen molar-refractivity contribution >= 4 is 12.0 Å². The molecule has 0 heterocycles. The van der Waals surface area contributed by atoms with Crippen LogP contribution in [0.4, 0.5) is 13.6 Å². The number of halogens is 2. The largest absolute Gasteiger partial charge is 0.465 e. The Bertz CT molecular complexity index is 547. The van der Waals surface area contributed by atoms with Crippen molar-refractivity contribution in [3.8, 4) is 0 Å². The summed E-state index contributed by atoms with van der Waals surface area (Å²) in [5, 5.41) is 13.3. The maximum atomic E-state index is 13.2. The molecule has 21 heavy (non-hydrogen) atoms. The smallest absolute Gasteiger partial charge is 0.405 e. The van der Waals surface area contributed by atoms with Crippen molar-refractivity contribution in [2.24, 2.45) is 0 Å². The number of carbonyl (C=O) groups excluding carboxylic acids is 1. The van der Waals surface area contributed by atoms with E-state index in [-0.39, 0.29) is 6.42 Å². The number of hydrogen-bond donors (Lipinski definition) is 3. The predicted molar refractivity (Wildman–Crippen MR) is 72.9 cm³/mol. The molecule has 0 aromatic heterocycles. The third-order valence-electron chi connectivity index (χ3n) is 2.82. The van der Waals surface area contributed by atoms with Crippen molar-refractivity contribution < 1.29 is 23.5 Å². The van der Waals surface area contributed by atoms with Gasteiger partial charge in [-0.1, -0.05) is 6.07 Å². The van der Waals surface area contributed by atoms with Crippen molar-refractivity contribution in [3.05, 3.63) is 35.4 Å². The van der Waals surface area contributed by atoms with Gasteiger partial charge in [-0.25, -0.2) is 13.6 Å². The normalized spacial score (nSPS) is 12.6. The lowest BCUT2D eigenvalue weighted by molar-refractivity contribution is -0.124. The van der Waals surface area contributed by atoms with Gasteiger partial charge in [0.15, 0.2) is 11.6 Å². The summed E-state index contributed by atoms with van der Waals surface area (Å²) in [6.45, 7) is 4.83. The summed E-state index contributed by atoms with van der Waals surface area (Å²) >= 11 is 0. The fourth-order valence-corrected chi connectivity index (χ4v) is 1.90. The molecule has 0 bridgehead atoms. The summed E-state index contributed by atoms with van der Waals surface area (Å²) in [4.78, 5) is 22.3. The molecule has 0 fully saturated rings. The highest BCUT2D eigenvalue weighted by Gasteiger charge is 2.25. The molecule has 1 aromatic carbocycles. The minimum absolute atomic E-state index is 0.274. The molecule has 116 valence electrons. The summed E-state index contributed by atoms with van der Waals surface area (Å²) in [7, 11) is 0. The van der Waals surface area contributed by atoms with Crippen LogP contribution < -0.4 is 10.6 Å². The first kappa shape index (κ1) is 16.9. The van der Waals surface area contributed by atoms with Crippen LogP contribution >= 0.6 is 0 Å². The van der Waals surface area contributed by atoms with Gasteiger partial charge < -0.3 is 15.7 Å². The van der Waals surface area contributed by atoms with Crippen LogP contribution in [0.15, 0.2) is 18.2 Å². The van der Waals surface area contributed by atoms with E-state index in [4.69, 9.17) is 5.11 Å². The Hall–Kier alpha value is -2.18. The lowest BCUT2D eigenvalue weighted by Gasteiger charge is -2.28. The van der Waals surface area contributed by atoms with Gasteiger partial charge in [0, 0.05) is 5.54 Å². The quantitative estimate of drug-likeness (QED) is 0.779. The third kappa shape index (κ3) is 5.37. The highest BCUT2D eigenvalue weighted by atomic mass is 19.2. The minimum Gasteiger partial charge on any atom is -0.465 e. The maximum absolute atomic E-state index is 13.2. The van der Waals surface area contributed by atoms with Crippen LogP contribution in [0.1, 0.15) is 26.3 Å². The second-order valence-corrected chi connectivity index (χ2v) is 5.47. The van der Waals surface area contributed by atoms with Crippen LogP contribution in [-0.4, -0.2) is 28.7 Å². The van der Waals surface area contributed by atoms with E-state index in [1.807, 2.05) is 5.32 Å². The number of carbonyl (C=O) groups is 2. The van der Waals surface area contributed by atoms with Gasteiger partial charge in [-0.15, -0.1) is 0 Å². The molecule has 7 heteroatoms. The zero-order valence-corrected chi connectivity index (χ0v) is 12.0. The second-order valence-electron chi connectivity index (χ2n) is 5.47. The van der Waals surface area contributed by atoms with Gasteiger partial charge in [0.2, 0.25) is 5.91 Å². The Balaban J connectivity index is 2.70. The fraction of sp³-hybridized carbons (Fsp3) is 0.429. The first-order valence-electron chi connectivity index (χ1n) is 6.36. The summed E-state index contributed by atoms with van der Waals surface area (Å²) in [6, 6.07) is 2.62. The number of nitrogens with one attached hydrogen (secondary N) is 2. The summed E-state index contributed by atoms with van der Waals surface area (Å²) < 4.78 is 26.0. The van der Waals surface area contributed by atoms with Gasteiger partial charge >= 0.3 is 6.09 Å². The lowest BCUT2D eigenvalue weighted by Crippen LogP contribution is -2.52. The van der Waals surface area contributed by atoms with Gasteiger partial charge in [0.25, 0.3) is 0 Å². The zero-order valence-electron chi connectivity index (χ0n) is 12.0. The Labute approximate surface area is 121 Å². The molecule has 0 aliphatic heterocycles. The monoisotopic (exact) mass is 300 g/mol. The van der Waals surface area contributed by atoms with Crippen molar-refractivity contribution in [3.63, 3.8) is 0 Å². The molecular formula is C14H18F2N2O3. The number of carboxylic acid groups (broad SMARTS) is 1. The van der Waals surface area contributed by atoms with Crippen LogP contribution in [0.5, 0.6) is 0 Å². The third-order valence-corrected chi connectivity index (χ3v) is 2.82. The number of amides is 2. The highest BCUT2D eigenvalue weighted by Crippen LogP contribution is 2.16. The molecule has 0 spiro atoms. The molecule has 0 unspecified atom stereocenters. The van der Waals surface area contributed by atoms with Crippen molar-refractivity contribution in [2.45, 2.75) is 38.8 Å². The van der Waals surface area contributed by atoms with E-state index in [2.05, 4.69) is 5.32 Å². The molecule has 1 atom stereocenters. The SMILES string of the molecule is C[C@@H](NC(=O)O)C(=O)NC(C)(C)Cc1ccc(F)c(F)c1. The van der Waals surface area contributed by atoms with E-state index in [1.54, 1.807) is 13.8 Å². The Morgan fingerprint density at radius 3 is 2.43 bits per heavy atom. The number of hydrogen-bond acceptors (Lipinski definition) is 2. The molecule has 0 saturated carbocycles. The molecule has 1 aromatic rings. The summed E-state index contributed by atoms with van der Waals surface area (Å²) in [5.41, 5.74) is -0.214. The van der Waals surface area contributed by atoms with E-state index in [1.165, 1.54) is 13.0 Å². The molecule has 0 aliphatic carbocycles. The highest BCUT2D eigenvalue weighted by molar-refractivity contribution is 5.85. The average molecular weight is 300 g/mol. The number of rotatable bonds is 5. The second kappa shape index (κ2) is 6.51. The van der Waals surface area contributed by atoms with Gasteiger partial charge in [0.05, 0.1) is 0 Å². The maximum Gasteiger partial charge on any atom is 0.405 e. The Kier molecular flexibility index (Phi) is 5.23. The topological polar surface area (TPSA) is 78.4 Å². The lowest BCUT2D eigenvalue weighted by atomic mass is 9.94. The van der Waals surface area contributed by atoms with E-state index in [0.717, 1.165) is 12.1 Å². The van der Waals surface area contributed by atoms with Crippen LogP contribution in [-0.2, 0) is 11.2 Å². The summed E-state index contributed by atoms with van der Waals surface area (Å²) in [5.74, 6) is -2.37. The van der Waals surface area contributed by atoms with Crippen LogP contribution in [0.2, 0.25) is 0 Å². The Morgan fingerprint density at radius 1 is 1.29 bits per heavy atom. The van der Waals surface area contributed by atoms with Gasteiger partial charge in [-0.3, -0.25) is 4.79 Å². The first-order chi connectivity index (χ1) is 9.60. The standard InChI is InChI=1S/C14H18F2N2O3/c1-8(17-13(20)21)12(19)18-14(2,3)7-9-4-5-10(15)11(16)6-9/h4-6,8,17H,7H2,1-3H3,(H,18,19)(H,20,21)/t8-/m1/s1.